The molecule has 2 aliphatic heterocycles. The van der Waals surface area contributed by atoms with Crippen molar-refractivity contribution in [1.29, 1.82) is 0 Å². The molecule has 0 unspecified atom stereocenters. The molecule has 0 radical (unpaired) electrons. The fourth-order valence-corrected chi connectivity index (χ4v) is 6.98. The number of fused-ring (bicyclic) bond motifs is 1. The van der Waals surface area contributed by atoms with E-state index in [4.69, 9.17) is 9.47 Å². The highest BCUT2D eigenvalue weighted by Gasteiger charge is 2.41. The van der Waals surface area contributed by atoms with Gasteiger partial charge in [-0.2, -0.15) is 11.8 Å². The van der Waals surface area contributed by atoms with E-state index >= 15 is 0 Å². The molecule has 0 aliphatic carbocycles. The standard InChI is InChI=1S/C33H39NO5S2/c1-32(2,3)39-31(35)34-19-17-33(18-20-34)16-15-28-21-27(11-14-30(28)38-33)26-9-5-24(6-10-26)22-40-23-25-7-12-29(13-8-25)41(4,36)37/h5-14,21H,15-20,22-23H2,1-4H3. The molecule has 1 spiro atoms. The summed E-state index contributed by atoms with van der Waals surface area (Å²) in [5.74, 6) is 2.68. The Balaban J connectivity index is 1.14. The Morgan fingerprint density at radius 2 is 1.49 bits per heavy atom. The van der Waals surface area contributed by atoms with E-state index < -0.39 is 15.4 Å². The third kappa shape index (κ3) is 7.46. The smallest absolute Gasteiger partial charge is 0.410 e. The number of benzene rings is 3. The molecule has 1 saturated heterocycles. The lowest BCUT2D eigenvalue weighted by molar-refractivity contribution is -0.0272. The maximum atomic E-state index is 12.5. The van der Waals surface area contributed by atoms with Crippen LogP contribution in [0.3, 0.4) is 0 Å². The summed E-state index contributed by atoms with van der Waals surface area (Å²) < 4.78 is 35.4. The lowest BCUT2D eigenvalue weighted by atomic mass is 9.82. The van der Waals surface area contributed by atoms with Crippen LogP contribution in [0.15, 0.2) is 71.6 Å². The van der Waals surface area contributed by atoms with Gasteiger partial charge < -0.3 is 14.4 Å². The monoisotopic (exact) mass is 593 g/mol. The van der Waals surface area contributed by atoms with Crippen LogP contribution >= 0.6 is 11.8 Å². The predicted octanol–water partition coefficient (Wildman–Crippen LogP) is 7.29. The van der Waals surface area contributed by atoms with Crippen LogP contribution in [0, 0.1) is 0 Å². The molecular formula is C33H39NO5S2. The Labute approximate surface area is 248 Å². The SMILES string of the molecule is CC(C)(C)OC(=O)N1CCC2(CCc3cc(-c4ccc(CSCc5ccc(S(C)(=O)=O)cc5)cc4)ccc3O2)CC1. The molecule has 3 aromatic carbocycles. The lowest BCUT2D eigenvalue weighted by Gasteiger charge is -2.44. The van der Waals surface area contributed by atoms with Crippen molar-refractivity contribution < 1.29 is 22.7 Å². The molecule has 0 aromatic heterocycles. The summed E-state index contributed by atoms with van der Waals surface area (Å²) in [5.41, 5.74) is 5.29. The Bertz CT molecular complexity index is 1480. The quantitative estimate of drug-likeness (QED) is 0.299. The van der Waals surface area contributed by atoms with Gasteiger partial charge in [0.15, 0.2) is 9.84 Å². The molecule has 0 bridgehead atoms. The third-order valence-corrected chi connectivity index (χ3v) is 9.94. The maximum Gasteiger partial charge on any atom is 0.410 e. The van der Waals surface area contributed by atoms with Gasteiger partial charge in [0.25, 0.3) is 0 Å². The van der Waals surface area contributed by atoms with Crippen LogP contribution in [-0.4, -0.2) is 50.0 Å². The lowest BCUT2D eigenvalue weighted by Crippen LogP contribution is -2.52. The Hall–Kier alpha value is -2.97. The number of carbonyl (C=O) groups excluding carboxylic acids is 1. The molecular weight excluding hydrogens is 554 g/mol. The van der Waals surface area contributed by atoms with E-state index in [2.05, 4.69) is 42.5 Å². The summed E-state index contributed by atoms with van der Waals surface area (Å²) in [5, 5.41) is 0. The molecule has 1 fully saturated rings. The number of piperidine rings is 1. The van der Waals surface area contributed by atoms with Gasteiger partial charge in [0, 0.05) is 43.7 Å². The molecule has 2 heterocycles. The Morgan fingerprint density at radius 1 is 0.902 bits per heavy atom. The average Bonchev–Trinajstić information content (AvgIpc) is 2.92. The van der Waals surface area contributed by atoms with Crippen molar-refractivity contribution in [2.75, 3.05) is 19.3 Å². The highest BCUT2D eigenvalue weighted by molar-refractivity contribution is 7.97. The average molecular weight is 594 g/mol. The topological polar surface area (TPSA) is 72.9 Å². The summed E-state index contributed by atoms with van der Waals surface area (Å²) in [7, 11) is -3.16. The van der Waals surface area contributed by atoms with Gasteiger partial charge in [-0.15, -0.1) is 0 Å². The number of thioether (sulfide) groups is 1. The summed E-state index contributed by atoms with van der Waals surface area (Å²) in [6, 6.07) is 22.3. The van der Waals surface area contributed by atoms with Gasteiger partial charge in [0.1, 0.15) is 17.0 Å². The van der Waals surface area contributed by atoms with Gasteiger partial charge in [-0.25, -0.2) is 13.2 Å². The van der Waals surface area contributed by atoms with Crippen molar-refractivity contribution in [1.82, 2.24) is 4.90 Å². The van der Waals surface area contributed by atoms with Crippen molar-refractivity contribution >= 4 is 27.7 Å². The van der Waals surface area contributed by atoms with E-state index in [1.165, 1.54) is 28.5 Å². The zero-order chi connectivity index (χ0) is 29.3. The maximum absolute atomic E-state index is 12.5. The number of likely N-dealkylation sites (tertiary alicyclic amines) is 1. The minimum Gasteiger partial charge on any atom is -0.487 e. The molecule has 0 saturated carbocycles. The zero-order valence-corrected chi connectivity index (χ0v) is 25.9. The van der Waals surface area contributed by atoms with E-state index in [1.807, 2.05) is 44.7 Å². The molecule has 0 atom stereocenters. The molecule has 0 N–H and O–H groups in total. The van der Waals surface area contributed by atoms with Crippen molar-refractivity contribution in [3.63, 3.8) is 0 Å². The van der Waals surface area contributed by atoms with Gasteiger partial charge >= 0.3 is 6.09 Å². The number of hydrogen-bond acceptors (Lipinski definition) is 6. The van der Waals surface area contributed by atoms with E-state index in [9.17, 15) is 13.2 Å². The number of carbonyl (C=O) groups is 1. The summed E-state index contributed by atoms with van der Waals surface area (Å²) in [6.45, 7) is 7.00. The van der Waals surface area contributed by atoms with Crippen LogP contribution in [0.5, 0.6) is 5.75 Å². The van der Waals surface area contributed by atoms with Gasteiger partial charge in [-0.1, -0.05) is 42.5 Å². The zero-order valence-electron chi connectivity index (χ0n) is 24.3. The molecule has 2 aliphatic rings. The number of sulfone groups is 1. The molecule has 6 nitrogen and oxygen atoms in total. The number of nitrogens with zero attached hydrogens (tertiary/aromatic N) is 1. The second-order valence-corrected chi connectivity index (χ2v) is 15.2. The molecule has 41 heavy (non-hydrogen) atoms. The van der Waals surface area contributed by atoms with Crippen LogP contribution in [0.1, 0.15) is 56.7 Å². The summed E-state index contributed by atoms with van der Waals surface area (Å²) in [4.78, 5) is 14.6. The van der Waals surface area contributed by atoms with Gasteiger partial charge in [0.2, 0.25) is 0 Å². The fourth-order valence-electron chi connectivity index (χ4n) is 5.39. The number of ether oxygens (including phenoxy) is 2. The van der Waals surface area contributed by atoms with Crippen molar-refractivity contribution in [3.8, 4) is 16.9 Å². The summed E-state index contributed by atoms with van der Waals surface area (Å²) >= 11 is 1.81. The first-order valence-electron chi connectivity index (χ1n) is 14.2. The third-order valence-electron chi connectivity index (χ3n) is 7.74. The minimum absolute atomic E-state index is 0.206. The molecule has 5 rings (SSSR count). The van der Waals surface area contributed by atoms with Crippen molar-refractivity contribution in [3.05, 3.63) is 83.4 Å². The Kier molecular flexibility index (Phi) is 8.44. The molecule has 3 aromatic rings. The molecule has 218 valence electrons. The van der Waals surface area contributed by atoms with Crippen LogP contribution < -0.4 is 4.74 Å². The van der Waals surface area contributed by atoms with Crippen molar-refractivity contribution in [2.45, 2.75) is 74.1 Å². The highest BCUT2D eigenvalue weighted by Crippen LogP contribution is 2.41. The Morgan fingerprint density at radius 3 is 2.07 bits per heavy atom. The van der Waals surface area contributed by atoms with E-state index in [0.717, 1.165) is 48.5 Å². The molecule has 8 heteroatoms. The minimum atomic E-state index is -3.16. The number of rotatable bonds is 6. The van der Waals surface area contributed by atoms with Gasteiger partial charge in [0.05, 0.1) is 4.90 Å². The van der Waals surface area contributed by atoms with Crippen LogP contribution in [0.4, 0.5) is 4.79 Å². The second kappa shape index (κ2) is 11.7. The van der Waals surface area contributed by atoms with Gasteiger partial charge in [-0.3, -0.25) is 0 Å². The van der Waals surface area contributed by atoms with Crippen LogP contribution in [0.2, 0.25) is 0 Å². The highest BCUT2D eigenvalue weighted by atomic mass is 32.2. The van der Waals surface area contributed by atoms with E-state index in [0.29, 0.717) is 18.0 Å². The number of amides is 1. The summed E-state index contributed by atoms with van der Waals surface area (Å²) in [6.07, 6.45) is 4.55. The van der Waals surface area contributed by atoms with Crippen LogP contribution in [-0.2, 0) is 32.5 Å². The predicted molar refractivity (Wildman–Crippen MR) is 165 cm³/mol. The first-order valence-corrected chi connectivity index (χ1v) is 17.2. The fraction of sp³-hybridized carbons (Fsp3) is 0.424. The van der Waals surface area contributed by atoms with E-state index in [1.54, 1.807) is 17.0 Å². The number of aryl methyl sites for hydroxylation is 1. The van der Waals surface area contributed by atoms with Gasteiger partial charge in [-0.05, 0) is 85.7 Å². The largest absolute Gasteiger partial charge is 0.487 e. The normalized spacial score (nSPS) is 16.6. The first kappa shape index (κ1) is 29.5. The van der Waals surface area contributed by atoms with Crippen molar-refractivity contribution in [2.24, 2.45) is 0 Å². The second-order valence-electron chi connectivity index (χ2n) is 12.2. The number of hydrogen-bond donors (Lipinski definition) is 0. The van der Waals surface area contributed by atoms with Crippen LogP contribution in [0.25, 0.3) is 11.1 Å². The first-order chi connectivity index (χ1) is 19.4. The molecule has 1 amide bonds. The van der Waals surface area contributed by atoms with E-state index in [-0.39, 0.29) is 11.7 Å².